The first-order valence-electron chi connectivity index (χ1n) is 6.78. The fourth-order valence-electron chi connectivity index (χ4n) is 2.62. The highest BCUT2D eigenvalue weighted by atomic mass is 15.1. The van der Waals surface area contributed by atoms with Gasteiger partial charge in [-0.1, -0.05) is 25.3 Å². The SMILES string of the molecule is C=C(N)NC(=C)C1CCN(c2cccc(C)c2)CC1. The lowest BCUT2D eigenvalue weighted by atomic mass is 9.93. The fourth-order valence-corrected chi connectivity index (χ4v) is 2.62. The number of nitrogens with one attached hydrogen (secondary N) is 1. The average molecular weight is 257 g/mol. The first-order chi connectivity index (χ1) is 9.06. The Morgan fingerprint density at radius 2 is 2.00 bits per heavy atom. The average Bonchev–Trinajstić information content (AvgIpc) is 2.38. The van der Waals surface area contributed by atoms with Gasteiger partial charge in [0.15, 0.2) is 0 Å². The number of piperidine rings is 1. The predicted molar refractivity (Wildman–Crippen MR) is 81.7 cm³/mol. The summed E-state index contributed by atoms with van der Waals surface area (Å²) in [6.45, 7) is 12.0. The van der Waals surface area contributed by atoms with Crippen molar-refractivity contribution in [2.45, 2.75) is 19.8 Å². The molecule has 3 nitrogen and oxygen atoms in total. The minimum atomic E-state index is 0.478. The van der Waals surface area contributed by atoms with Gasteiger partial charge < -0.3 is 16.0 Å². The van der Waals surface area contributed by atoms with Crippen LogP contribution in [0, 0.1) is 12.8 Å². The molecule has 1 fully saturated rings. The largest absolute Gasteiger partial charge is 0.386 e. The standard InChI is InChI=1S/C16H23N3/c1-12-5-4-6-16(11-12)19-9-7-15(8-10-19)13(2)18-14(3)17/h4-6,11,15,18H,2-3,7-10,17H2,1H3. The van der Waals surface area contributed by atoms with Crippen molar-refractivity contribution < 1.29 is 0 Å². The quantitative estimate of drug-likeness (QED) is 0.871. The van der Waals surface area contributed by atoms with Gasteiger partial charge in [-0.15, -0.1) is 0 Å². The zero-order chi connectivity index (χ0) is 13.8. The molecule has 1 heterocycles. The third-order valence-corrected chi connectivity index (χ3v) is 3.68. The molecule has 0 radical (unpaired) electrons. The third kappa shape index (κ3) is 3.53. The van der Waals surface area contributed by atoms with E-state index in [0.29, 0.717) is 11.7 Å². The summed E-state index contributed by atoms with van der Waals surface area (Å²) in [5, 5.41) is 3.05. The Morgan fingerprint density at radius 1 is 1.32 bits per heavy atom. The molecule has 1 aromatic carbocycles. The van der Waals surface area contributed by atoms with Gasteiger partial charge in [-0.05, 0) is 37.5 Å². The lowest BCUT2D eigenvalue weighted by Crippen LogP contribution is -2.36. The Balaban J connectivity index is 1.92. The molecule has 0 spiro atoms. The second-order valence-electron chi connectivity index (χ2n) is 5.28. The summed E-state index contributed by atoms with van der Waals surface area (Å²) >= 11 is 0. The number of anilines is 1. The highest BCUT2D eigenvalue weighted by molar-refractivity contribution is 5.48. The molecule has 3 N–H and O–H groups in total. The summed E-state index contributed by atoms with van der Waals surface area (Å²) in [5.41, 5.74) is 9.18. The molecule has 0 amide bonds. The molecule has 2 rings (SSSR count). The van der Waals surface area contributed by atoms with Crippen LogP contribution in [-0.4, -0.2) is 13.1 Å². The molecular weight excluding hydrogens is 234 g/mol. The molecule has 102 valence electrons. The summed E-state index contributed by atoms with van der Waals surface area (Å²) in [4.78, 5) is 2.44. The van der Waals surface area contributed by atoms with Crippen molar-refractivity contribution >= 4 is 5.69 Å². The van der Waals surface area contributed by atoms with Gasteiger partial charge in [0.1, 0.15) is 0 Å². The van der Waals surface area contributed by atoms with Gasteiger partial charge in [0.2, 0.25) is 0 Å². The van der Waals surface area contributed by atoms with Crippen LogP contribution in [-0.2, 0) is 0 Å². The van der Waals surface area contributed by atoms with E-state index in [9.17, 15) is 0 Å². The number of nitrogens with two attached hydrogens (primary N) is 1. The Labute approximate surface area is 115 Å². The van der Waals surface area contributed by atoms with Crippen LogP contribution >= 0.6 is 0 Å². The van der Waals surface area contributed by atoms with E-state index in [1.165, 1.54) is 11.3 Å². The van der Waals surface area contributed by atoms with E-state index in [4.69, 9.17) is 5.73 Å². The summed E-state index contributed by atoms with van der Waals surface area (Å²) in [7, 11) is 0. The van der Waals surface area contributed by atoms with Gasteiger partial charge in [-0.2, -0.15) is 0 Å². The van der Waals surface area contributed by atoms with Crippen molar-refractivity contribution in [3.63, 3.8) is 0 Å². The van der Waals surface area contributed by atoms with E-state index in [1.54, 1.807) is 0 Å². The molecule has 0 atom stereocenters. The maximum atomic E-state index is 5.56. The monoisotopic (exact) mass is 257 g/mol. The van der Waals surface area contributed by atoms with Crippen LogP contribution < -0.4 is 16.0 Å². The van der Waals surface area contributed by atoms with Crippen LogP contribution in [0.3, 0.4) is 0 Å². The molecular formula is C16H23N3. The maximum absolute atomic E-state index is 5.56. The fraction of sp³-hybridized carbons (Fsp3) is 0.375. The van der Waals surface area contributed by atoms with Gasteiger partial charge >= 0.3 is 0 Å². The molecule has 0 bridgehead atoms. The Morgan fingerprint density at radius 3 is 2.58 bits per heavy atom. The van der Waals surface area contributed by atoms with Crippen molar-refractivity contribution in [1.82, 2.24) is 5.32 Å². The third-order valence-electron chi connectivity index (χ3n) is 3.68. The Hall–Kier alpha value is -1.90. The van der Waals surface area contributed by atoms with Crippen LogP contribution in [0.15, 0.2) is 48.9 Å². The van der Waals surface area contributed by atoms with Gasteiger partial charge in [-0.3, -0.25) is 0 Å². The first-order valence-corrected chi connectivity index (χ1v) is 6.78. The van der Waals surface area contributed by atoms with E-state index in [2.05, 4.69) is 54.6 Å². The number of hydrogen-bond acceptors (Lipinski definition) is 3. The summed E-state index contributed by atoms with van der Waals surface area (Å²) in [6.07, 6.45) is 2.21. The van der Waals surface area contributed by atoms with Crippen LogP contribution in [0.5, 0.6) is 0 Å². The molecule has 0 saturated carbocycles. The predicted octanol–water partition coefficient (Wildman–Crippen LogP) is 2.74. The highest BCUT2D eigenvalue weighted by Crippen LogP contribution is 2.26. The zero-order valence-corrected chi connectivity index (χ0v) is 11.7. The van der Waals surface area contributed by atoms with Crippen LogP contribution in [0.2, 0.25) is 0 Å². The molecule has 0 aliphatic carbocycles. The second kappa shape index (κ2) is 5.83. The van der Waals surface area contributed by atoms with Gasteiger partial charge in [0, 0.05) is 30.4 Å². The minimum Gasteiger partial charge on any atom is -0.386 e. The molecule has 0 aromatic heterocycles. The smallest absolute Gasteiger partial charge is 0.0928 e. The molecule has 1 saturated heterocycles. The van der Waals surface area contributed by atoms with Crippen LogP contribution in [0.1, 0.15) is 18.4 Å². The number of nitrogens with zero attached hydrogens (tertiary/aromatic N) is 1. The van der Waals surface area contributed by atoms with E-state index in [1.807, 2.05) is 0 Å². The van der Waals surface area contributed by atoms with Crippen molar-refractivity contribution in [3.05, 3.63) is 54.5 Å². The van der Waals surface area contributed by atoms with E-state index >= 15 is 0 Å². The zero-order valence-electron chi connectivity index (χ0n) is 11.7. The molecule has 1 aliphatic rings. The number of allylic oxidation sites excluding steroid dienone is 1. The molecule has 0 unspecified atom stereocenters. The molecule has 19 heavy (non-hydrogen) atoms. The molecule has 1 aromatic rings. The van der Waals surface area contributed by atoms with Crippen molar-refractivity contribution in [2.24, 2.45) is 11.7 Å². The number of rotatable bonds is 4. The lowest BCUT2D eigenvalue weighted by molar-refractivity contribution is 0.444. The van der Waals surface area contributed by atoms with E-state index in [0.717, 1.165) is 31.6 Å². The van der Waals surface area contributed by atoms with Crippen LogP contribution in [0.25, 0.3) is 0 Å². The van der Waals surface area contributed by atoms with E-state index in [-0.39, 0.29) is 0 Å². The first kappa shape index (κ1) is 13.5. The van der Waals surface area contributed by atoms with Crippen molar-refractivity contribution in [3.8, 4) is 0 Å². The molecule has 1 aliphatic heterocycles. The number of benzene rings is 1. The van der Waals surface area contributed by atoms with Gasteiger partial charge in [-0.25, -0.2) is 0 Å². The normalized spacial score (nSPS) is 16.2. The minimum absolute atomic E-state index is 0.478. The second-order valence-corrected chi connectivity index (χ2v) is 5.28. The Kier molecular flexibility index (Phi) is 4.15. The molecule has 3 heteroatoms. The van der Waals surface area contributed by atoms with Crippen molar-refractivity contribution in [1.29, 1.82) is 0 Å². The van der Waals surface area contributed by atoms with Gasteiger partial charge in [0.05, 0.1) is 5.82 Å². The Bertz CT molecular complexity index is 471. The van der Waals surface area contributed by atoms with E-state index < -0.39 is 0 Å². The van der Waals surface area contributed by atoms with Crippen molar-refractivity contribution in [2.75, 3.05) is 18.0 Å². The highest BCUT2D eigenvalue weighted by Gasteiger charge is 2.21. The number of aryl methyl sites for hydroxylation is 1. The maximum Gasteiger partial charge on any atom is 0.0928 e. The lowest BCUT2D eigenvalue weighted by Gasteiger charge is -2.34. The van der Waals surface area contributed by atoms with Gasteiger partial charge in [0.25, 0.3) is 0 Å². The number of hydrogen-bond donors (Lipinski definition) is 2. The summed E-state index contributed by atoms with van der Waals surface area (Å²) < 4.78 is 0. The summed E-state index contributed by atoms with van der Waals surface area (Å²) in [5.74, 6) is 0.965. The van der Waals surface area contributed by atoms with Crippen LogP contribution in [0.4, 0.5) is 5.69 Å². The topological polar surface area (TPSA) is 41.3 Å². The summed E-state index contributed by atoms with van der Waals surface area (Å²) in [6, 6.07) is 8.68.